The first-order valence-corrected chi connectivity index (χ1v) is 9.40. The molecule has 2 aromatic rings. The second kappa shape index (κ2) is 10.9. The highest BCUT2D eigenvalue weighted by atomic mass is 127. The van der Waals surface area contributed by atoms with Gasteiger partial charge in [-0.25, -0.2) is 4.98 Å². The first-order chi connectivity index (χ1) is 13.6. The first-order valence-electron chi connectivity index (χ1n) is 9.40. The van der Waals surface area contributed by atoms with Crippen LogP contribution in [0.3, 0.4) is 0 Å². The van der Waals surface area contributed by atoms with Gasteiger partial charge >= 0.3 is 0 Å². The van der Waals surface area contributed by atoms with Gasteiger partial charge in [0, 0.05) is 43.8 Å². The molecule has 0 spiro atoms. The van der Waals surface area contributed by atoms with E-state index in [1.54, 1.807) is 19.3 Å². The predicted molar refractivity (Wildman–Crippen MR) is 126 cm³/mol. The average molecular weight is 506 g/mol. The zero-order chi connectivity index (χ0) is 19.9. The van der Waals surface area contributed by atoms with Crippen molar-refractivity contribution in [2.75, 3.05) is 32.0 Å². The molecule has 1 amide bonds. The number of carbonyl (C=O) groups is 1. The minimum Gasteiger partial charge on any atom is -0.347 e. The normalized spacial score (nSPS) is 19.1. The third-order valence-corrected chi connectivity index (χ3v) is 5.06. The molecule has 1 aliphatic heterocycles. The molecule has 0 radical (unpaired) electrons. The second-order valence-corrected chi connectivity index (χ2v) is 6.96. The Balaban J connectivity index is 0.00000300. The fourth-order valence-electron chi connectivity index (χ4n) is 3.48. The Morgan fingerprint density at radius 1 is 1.45 bits per heavy atom. The number of aromatic nitrogens is 2. The fourth-order valence-corrected chi connectivity index (χ4v) is 3.48. The molecule has 3 rings (SSSR count). The van der Waals surface area contributed by atoms with Crippen LogP contribution in [0.25, 0.3) is 0 Å². The Hall–Kier alpha value is -2.54. The Bertz CT molecular complexity index is 874. The highest BCUT2D eigenvalue weighted by Gasteiger charge is 2.29. The lowest BCUT2D eigenvalue weighted by molar-refractivity contribution is -0.115. The van der Waals surface area contributed by atoms with Crippen LogP contribution in [0.2, 0.25) is 0 Å². The summed E-state index contributed by atoms with van der Waals surface area (Å²) in [6.07, 6.45) is 12.1. The number of nitrogens with one attached hydrogen (secondary N) is 2. The third kappa shape index (κ3) is 5.97. The van der Waals surface area contributed by atoms with Gasteiger partial charge in [0.1, 0.15) is 0 Å². The Morgan fingerprint density at radius 3 is 2.97 bits per heavy atom. The fraction of sp³-hybridized carbons (Fsp3) is 0.381. The Kier molecular flexibility index (Phi) is 8.51. The molecule has 1 fully saturated rings. The molecule has 2 N–H and O–H groups in total. The summed E-state index contributed by atoms with van der Waals surface area (Å²) in [5.74, 6) is 3.69. The highest BCUT2D eigenvalue weighted by Crippen LogP contribution is 2.27. The molecule has 2 atom stereocenters. The van der Waals surface area contributed by atoms with Crippen LogP contribution in [0.1, 0.15) is 24.9 Å². The largest absolute Gasteiger partial charge is 0.347 e. The van der Waals surface area contributed by atoms with E-state index in [0.29, 0.717) is 17.6 Å². The van der Waals surface area contributed by atoms with E-state index in [-0.39, 0.29) is 36.4 Å². The van der Waals surface area contributed by atoms with Crippen LogP contribution in [0.5, 0.6) is 0 Å². The molecule has 0 saturated carbocycles. The van der Waals surface area contributed by atoms with E-state index in [2.05, 4.69) is 42.9 Å². The molecule has 1 aromatic carbocycles. The number of anilines is 1. The number of hydrogen-bond acceptors (Lipinski definition) is 3. The molecule has 0 aliphatic carbocycles. The molecular formula is C21H27IN6O. The monoisotopic (exact) mass is 506 g/mol. The summed E-state index contributed by atoms with van der Waals surface area (Å²) >= 11 is 0. The predicted octanol–water partition coefficient (Wildman–Crippen LogP) is 2.58. The minimum atomic E-state index is -0.146. The van der Waals surface area contributed by atoms with Gasteiger partial charge < -0.3 is 20.1 Å². The first kappa shape index (κ1) is 22.7. The molecule has 2 unspecified atom stereocenters. The van der Waals surface area contributed by atoms with E-state index in [9.17, 15) is 4.79 Å². The number of aliphatic imine (C=N–C) groups is 1. The number of rotatable bonds is 4. The average Bonchev–Trinajstić information content (AvgIpc) is 3.24. The van der Waals surface area contributed by atoms with Gasteiger partial charge in [-0.1, -0.05) is 18.9 Å². The highest BCUT2D eigenvalue weighted by molar-refractivity contribution is 14.0. The van der Waals surface area contributed by atoms with E-state index in [0.717, 1.165) is 31.0 Å². The van der Waals surface area contributed by atoms with Crippen LogP contribution in [0.4, 0.5) is 5.69 Å². The SMILES string of the molecule is C#Cc1cccc(NC(=O)CNC(=NC)N2CCC(C)C(n3ccnc3)C2)c1.I. The maximum absolute atomic E-state index is 12.3. The van der Waals surface area contributed by atoms with Crippen molar-refractivity contribution in [2.24, 2.45) is 10.9 Å². The quantitative estimate of drug-likeness (QED) is 0.290. The molecular weight excluding hydrogens is 479 g/mol. The number of benzene rings is 1. The lowest BCUT2D eigenvalue weighted by Crippen LogP contribution is -2.50. The van der Waals surface area contributed by atoms with Gasteiger partial charge in [-0.15, -0.1) is 30.4 Å². The number of amides is 1. The summed E-state index contributed by atoms with van der Waals surface area (Å²) in [7, 11) is 1.74. The van der Waals surface area contributed by atoms with Crippen molar-refractivity contribution in [2.45, 2.75) is 19.4 Å². The number of hydrogen-bond donors (Lipinski definition) is 2. The molecule has 154 valence electrons. The summed E-state index contributed by atoms with van der Waals surface area (Å²) in [4.78, 5) is 23.0. The van der Waals surface area contributed by atoms with E-state index in [1.807, 2.05) is 30.7 Å². The minimum absolute atomic E-state index is 0. The van der Waals surface area contributed by atoms with Crippen LogP contribution in [0, 0.1) is 18.3 Å². The van der Waals surface area contributed by atoms with Crippen molar-refractivity contribution in [1.29, 1.82) is 0 Å². The summed E-state index contributed by atoms with van der Waals surface area (Å²) in [5, 5.41) is 6.02. The summed E-state index contributed by atoms with van der Waals surface area (Å²) in [6, 6.07) is 7.56. The van der Waals surface area contributed by atoms with E-state index in [4.69, 9.17) is 6.42 Å². The molecule has 0 bridgehead atoms. The second-order valence-electron chi connectivity index (χ2n) is 6.96. The van der Waals surface area contributed by atoms with Gasteiger partial charge in [-0.2, -0.15) is 0 Å². The molecule has 1 aliphatic rings. The van der Waals surface area contributed by atoms with Crippen molar-refractivity contribution in [3.05, 3.63) is 48.5 Å². The maximum Gasteiger partial charge on any atom is 0.243 e. The van der Waals surface area contributed by atoms with Crippen LogP contribution < -0.4 is 10.6 Å². The summed E-state index contributed by atoms with van der Waals surface area (Å²) in [5.41, 5.74) is 1.42. The third-order valence-electron chi connectivity index (χ3n) is 5.06. The zero-order valence-electron chi connectivity index (χ0n) is 16.7. The lowest BCUT2D eigenvalue weighted by atomic mass is 9.93. The number of carbonyl (C=O) groups excluding carboxylic acids is 1. The van der Waals surface area contributed by atoms with Crippen molar-refractivity contribution in [1.82, 2.24) is 19.8 Å². The number of halogens is 1. The zero-order valence-corrected chi connectivity index (χ0v) is 19.0. The van der Waals surface area contributed by atoms with Crippen molar-refractivity contribution < 1.29 is 4.79 Å². The van der Waals surface area contributed by atoms with Crippen molar-refractivity contribution >= 4 is 41.5 Å². The van der Waals surface area contributed by atoms with Gasteiger partial charge in [0.25, 0.3) is 0 Å². The van der Waals surface area contributed by atoms with Crippen LogP contribution in [-0.4, -0.2) is 53.0 Å². The molecule has 1 saturated heterocycles. The van der Waals surface area contributed by atoms with Gasteiger partial charge in [-0.3, -0.25) is 9.79 Å². The smallest absolute Gasteiger partial charge is 0.243 e. The van der Waals surface area contributed by atoms with Crippen molar-refractivity contribution in [3.63, 3.8) is 0 Å². The standard InChI is InChI=1S/C21H26N6O.HI/c1-4-17-6-5-7-18(12-17)25-20(28)13-24-21(22-3)26-10-8-16(2)19(14-26)27-11-9-23-15-27;/h1,5-7,9,11-12,15-16,19H,8,10,13-14H2,2-3H3,(H,22,24)(H,25,28);1H. The Labute approximate surface area is 189 Å². The number of piperidine rings is 1. The van der Waals surface area contributed by atoms with Crippen molar-refractivity contribution in [3.8, 4) is 12.3 Å². The number of terminal acetylenes is 1. The molecule has 29 heavy (non-hydrogen) atoms. The number of likely N-dealkylation sites (tertiary alicyclic amines) is 1. The lowest BCUT2D eigenvalue weighted by Gasteiger charge is -2.39. The van der Waals surface area contributed by atoms with Gasteiger partial charge in [0.15, 0.2) is 5.96 Å². The number of guanidine groups is 1. The maximum atomic E-state index is 12.3. The molecule has 8 heteroatoms. The van der Waals surface area contributed by atoms with E-state index < -0.39 is 0 Å². The number of nitrogens with zero attached hydrogens (tertiary/aromatic N) is 4. The van der Waals surface area contributed by atoms with E-state index >= 15 is 0 Å². The van der Waals surface area contributed by atoms with Crippen LogP contribution in [0.15, 0.2) is 48.0 Å². The van der Waals surface area contributed by atoms with E-state index in [1.165, 1.54) is 0 Å². The molecule has 2 heterocycles. The molecule has 1 aromatic heterocycles. The Morgan fingerprint density at radius 2 is 2.28 bits per heavy atom. The van der Waals surface area contributed by atoms with Gasteiger partial charge in [0.2, 0.25) is 5.91 Å². The van der Waals surface area contributed by atoms with Gasteiger partial charge in [0.05, 0.1) is 18.9 Å². The van der Waals surface area contributed by atoms with Gasteiger partial charge in [-0.05, 0) is 30.5 Å². The number of imidazole rings is 1. The topological polar surface area (TPSA) is 74.6 Å². The summed E-state index contributed by atoms with van der Waals surface area (Å²) in [6.45, 7) is 4.12. The van der Waals surface area contributed by atoms with Crippen LogP contribution >= 0.6 is 24.0 Å². The molecule has 7 nitrogen and oxygen atoms in total. The summed E-state index contributed by atoms with van der Waals surface area (Å²) < 4.78 is 2.15. The van der Waals surface area contributed by atoms with Crippen LogP contribution in [-0.2, 0) is 4.79 Å².